The van der Waals surface area contributed by atoms with Crippen molar-refractivity contribution in [3.8, 4) is 0 Å². The van der Waals surface area contributed by atoms with Gasteiger partial charge in [0, 0.05) is 18.8 Å². The van der Waals surface area contributed by atoms with Crippen LogP contribution in [0, 0.1) is 0 Å². The van der Waals surface area contributed by atoms with Crippen LogP contribution in [0.5, 0.6) is 0 Å². The summed E-state index contributed by atoms with van der Waals surface area (Å²) in [5.74, 6) is -0.986. The molecule has 8 nitrogen and oxygen atoms in total. The number of amides is 2. The lowest BCUT2D eigenvalue weighted by Gasteiger charge is -2.19. The number of para-hydroxylation sites is 1. The second-order valence-electron chi connectivity index (χ2n) is 6.31. The lowest BCUT2D eigenvalue weighted by Crippen LogP contribution is -2.33. The molecular weight excluding hydrogens is 404 g/mol. The van der Waals surface area contributed by atoms with Crippen molar-refractivity contribution in [2.45, 2.75) is 4.90 Å². The first-order chi connectivity index (χ1) is 14.4. The van der Waals surface area contributed by atoms with Gasteiger partial charge in [-0.2, -0.15) is 0 Å². The molecule has 154 valence electrons. The van der Waals surface area contributed by atoms with E-state index >= 15 is 0 Å². The Morgan fingerprint density at radius 1 is 1.00 bits per heavy atom. The molecule has 0 aliphatic rings. The molecule has 30 heavy (non-hydrogen) atoms. The first kappa shape index (κ1) is 21.0. The molecule has 2 aromatic carbocycles. The van der Waals surface area contributed by atoms with Crippen LogP contribution >= 0.6 is 0 Å². The van der Waals surface area contributed by atoms with Crippen molar-refractivity contribution in [3.63, 3.8) is 0 Å². The van der Waals surface area contributed by atoms with Crippen LogP contribution in [-0.2, 0) is 14.8 Å². The smallest absolute Gasteiger partial charge is 0.264 e. The molecule has 0 saturated heterocycles. The maximum atomic E-state index is 12.9. The van der Waals surface area contributed by atoms with Gasteiger partial charge < -0.3 is 10.6 Å². The number of aromatic nitrogens is 1. The van der Waals surface area contributed by atoms with Crippen LogP contribution in [-0.4, -0.2) is 38.8 Å². The summed E-state index contributed by atoms with van der Waals surface area (Å²) in [4.78, 5) is 28.2. The summed E-state index contributed by atoms with van der Waals surface area (Å²) in [6.45, 7) is -0.269. The fourth-order valence-corrected chi connectivity index (χ4v) is 3.88. The number of hydrogen-bond donors (Lipinski definition) is 2. The van der Waals surface area contributed by atoms with Gasteiger partial charge >= 0.3 is 0 Å². The number of rotatable bonds is 7. The van der Waals surface area contributed by atoms with Crippen LogP contribution in [0.1, 0.15) is 10.4 Å². The summed E-state index contributed by atoms with van der Waals surface area (Å²) < 4.78 is 26.9. The topological polar surface area (TPSA) is 108 Å². The fraction of sp³-hybridized carbons (Fsp3) is 0.0952. The zero-order chi connectivity index (χ0) is 21.6. The first-order valence-electron chi connectivity index (χ1n) is 9.00. The Balaban J connectivity index is 1.68. The van der Waals surface area contributed by atoms with E-state index in [9.17, 15) is 18.0 Å². The highest BCUT2D eigenvalue weighted by Gasteiger charge is 2.22. The number of benzene rings is 2. The van der Waals surface area contributed by atoms with Gasteiger partial charge in [-0.05, 0) is 42.5 Å². The molecule has 0 saturated carbocycles. The quantitative estimate of drug-likeness (QED) is 0.605. The predicted octanol–water partition coefficient (Wildman–Crippen LogP) is 2.28. The SMILES string of the molecule is CN(c1ccccc1)S(=O)(=O)c1cccc(C(=O)NCC(=O)Nc2cccnc2)c1. The molecule has 1 heterocycles. The molecule has 0 atom stereocenters. The highest BCUT2D eigenvalue weighted by atomic mass is 32.2. The minimum absolute atomic E-state index is 0.0266. The van der Waals surface area contributed by atoms with Gasteiger partial charge in [-0.15, -0.1) is 0 Å². The van der Waals surface area contributed by atoms with Gasteiger partial charge in [0.05, 0.1) is 29.0 Å². The zero-order valence-electron chi connectivity index (χ0n) is 16.1. The second-order valence-corrected chi connectivity index (χ2v) is 8.28. The Bertz CT molecular complexity index is 1140. The number of carbonyl (C=O) groups is 2. The van der Waals surface area contributed by atoms with Crippen LogP contribution < -0.4 is 14.9 Å². The number of carbonyl (C=O) groups excluding carboxylic acids is 2. The van der Waals surface area contributed by atoms with Crippen LogP contribution in [0.4, 0.5) is 11.4 Å². The minimum Gasteiger partial charge on any atom is -0.343 e. The number of sulfonamides is 1. The molecule has 2 amide bonds. The van der Waals surface area contributed by atoms with E-state index in [2.05, 4.69) is 15.6 Å². The third-order valence-corrected chi connectivity index (χ3v) is 6.01. The van der Waals surface area contributed by atoms with E-state index in [4.69, 9.17) is 0 Å². The Hall–Kier alpha value is -3.72. The molecule has 3 rings (SSSR count). The summed E-state index contributed by atoms with van der Waals surface area (Å²) in [5.41, 5.74) is 1.14. The molecule has 0 bridgehead atoms. The van der Waals surface area contributed by atoms with Crippen LogP contribution in [0.2, 0.25) is 0 Å². The lowest BCUT2D eigenvalue weighted by atomic mass is 10.2. The van der Waals surface area contributed by atoms with Gasteiger partial charge in [-0.1, -0.05) is 24.3 Å². The predicted molar refractivity (Wildman–Crippen MR) is 114 cm³/mol. The number of nitrogens with one attached hydrogen (secondary N) is 2. The van der Waals surface area contributed by atoms with Crippen molar-refractivity contribution >= 4 is 33.2 Å². The third kappa shape index (κ3) is 5.00. The Morgan fingerprint density at radius 3 is 2.47 bits per heavy atom. The summed E-state index contributed by atoms with van der Waals surface area (Å²) in [5, 5.41) is 5.08. The number of pyridine rings is 1. The molecule has 0 radical (unpaired) electrons. The van der Waals surface area contributed by atoms with E-state index in [1.165, 1.54) is 37.5 Å². The molecule has 3 aromatic rings. The van der Waals surface area contributed by atoms with Crippen LogP contribution in [0.25, 0.3) is 0 Å². The van der Waals surface area contributed by atoms with Gasteiger partial charge in [0.1, 0.15) is 0 Å². The van der Waals surface area contributed by atoms with Crippen molar-refractivity contribution in [1.82, 2.24) is 10.3 Å². The molecule has 9 heteroatoms. The standard InChI is InChI=1S/C21H20N4O4S/c1-25(18-9-3-2-4-10-18)30(28,29)19-11-5-7-16(13-19)21(27)23-15-20(26)24-17-8-6-12-22-14-17/h2-14H,15H2,1H3,(H,23,27)(H,24,26). The first-order valence-corrected chi connectivity index (χ1v) is 10.4. The molecule has 0 spiro atoms. The van der Waals surface area contributed by atoms with Crippen LogP contribution in [0.15, 0.2) is 84.0 Å². The fourth-order valence-electron chi connectivity index (χ4n) is 2.64. The Labute approximate surface area is 174 Å². The highest BCUT2D eigenvalue weighted by Crippen LogP contribution is 2.22. The molecule has 1 aromatic heterocycles. The Morgan fingerprint density at radius 2 is 1.77 bits per heavy atom. The van der Waals surface area contributed by atoms with Crippen molar-refractivity contribution in [3.05, 3.63) is 84.7 Å². The van der Waals surface area contributed by atoms with Gasteiger partial charge in [0.25, 0.3) is 15.9 Å². The highest BCUT2D eigenvalue weighted by molar-refractivity contribution is 7.92. The second kappa shape index (κ2) is 9.19. The Kier molecular flexibility index (Phi) is 6.43. The molecule has 2 N–H and O–H groups in total. The monoisotopic (exact) mass is 424 g/mol. The van der Waals surface area contributed by atoms with E-state index < -0.39 is 21.8 Å². The average Bonchev–Trinajstić information content (AvgIpc) is 2.78. The zero-order valence-corrected chi connectivity index (χ0v) is 17.0. The lowest BCUT2D eigenvalue weighted by molar-refractivity contribution is -0.115. The van der Waals surface area contributed by atoms with Crippen molar-refractivity contribution < 1.29 is 18.0 Å². The number of anilines is 2. The maximum absolute atomic E-state index is 12.9. The summed E-state index contributed by atoms with van der Waals surface area (Å²) in [7, 11) is -2.41. The minimum atomic E-state index is -3.85. The van der Waals surface area contributed by atoms with Gasteiger partial charge in [-0.25, -0.2) is 8.42 Å². The summed E-state index contributed by atoms with van der Waals surface area (Å²) >= 11 is 0. The number of nitrogens with zero attached hydrogens (tertiary/aromatic N) is 2. The maximum Gasteiger partial charge on any atom is 0.264 e. The van der Waals surface area contributed by atoms with E-state index in [1.807, 2.05) is 0 Å². The van der Waals surface area contributed by atoms with Crippen molar-refractivity contribution in [2.24, 2.45) is 0 Å². The largest absolute Gasteiger partial charge is 0.343 e. The molecular formula is C21H20N4O4S. The normalized spacial score (nSPS) is 10.8. The average molecular weight is 424 g/mol. The van der Waals surface area contributed by atoms with Gasteiger partial charge in [-0.3, -0.25) is 18.9 Å². The van der Waals surface area contributed by atoms with E-state index in [1.54, 1.807) is 48.7 Å². The third-order valence-electron chi connectivity index (χ3n) is 4.23. The summed E-state index contributed by atoms with van der Waals surface area (Å²) in [6.07, 6.45) is 3.06. The van der Waals surface area contributed by atoms with Crippen LogP contribution in [0.3, 0.4) is 0 Å². The van der Waals surface area contributed by atoms with Crippen molar-refractivity contribution in [1.29, 1.82) is 0 Å². The summed E-state index contributed by atoms with van der Waals surface area (Å²) in [6, 6.07) is 17.6. The van der Waals surface area contributed by atoms with E-state index in [0.717, 1.165) is 4.31 Å². The van der Waals surface area contributed by atoms with Gasteiger partial charge in [0.15, 0.2) is 0 Å². The molecule has 0 unspecified atom stereocenters. The molecule has 0 fully saturated rings. The van der Waals surface area contributed by atoms with Gasteiger partial charge in [0.2, 0.25) is 5.91 Å². The molecule has 0 aliphatic heterocycles. The van der Waals surface area contributed by atoms with E-state index in [0.29, 0.717) is 11.4 Å². The van der Waals surface area contributed by atoms with Crippen molar-refractivity contribution in [2.75, 3.05) is 23.2 Å². The van der Waals surface area contributed by atoms with E-state index in [-0.39, 0.29) is 17.0 Å². The molecule has 0 aliphatic carbocycles. The number of hydrogen-bond acceptors (Lipinski definition) is 5.